The molecule has 0 unspecified atom stereocenters. The lowest BCUT2D eigenvalue weighted by atomic mass is 10.1. The van der Waals surface area contributed by atoms with Crippen molar-refractivity contribution in [1.29, 1.82) is 0 Å². The van der Waals surface area contributed by atoms with E-state index in [1.807, 2.05) is 0 Å². The van der Waals surface area contributed by atoms with Gasteiger partial charge in [0.15, 0.2) is 0 Å². The summed E-state index contributed by atoms with van der Waals surface area (Å²) in [6.07, 6.45) is 1.15. The van der Waals surface area contributed by atoms with Crippen LogP contribution in [0.2, 0.25) is 0 Å². The van der Waals surface area contributed by atoms with Gasteiger partial charge in [0.25, 0.3) is 0 Å². The van der Waals surface area contributed by atoms with Crippen LogP contribution in [0.3, 0.4) is 0 Å². The van der Waals surface area contributed by atoms with E-state index < -0.39 is 0 Å². The summed E-state index contributed by atoms with van der Waals surface area (Å²) in [6, 6.07) is 11.0. The highest BCUT2D eigenvalue weighted by Crippen LogP contribution is 2.22. The van der Waals surface area contributed by atoms with Gasteiger partial charge in [0.1, 0.15) is 0 Å². The van der Waals surface area contributed by atoms with Gasteiger partial charge in [-0.2, -0.15) is 0 Å². The molecule has 2 fully saturated rings. The van der Waals surface area contributed by atoms with Crippen molar-refractivity contribution in [3.05, 3.63) is 30.3 Å². The van der Waals surface area contributed by atoms with Crippen molar-refractivity contribution < 1.29 is 4.79 Å². The third-order valence-electron chi connectivity index (χ3n) is 5.31. The average Bonchev–Trinajstić information content (AvgIpc) is 3.05. The minimum absolute atomic E-state index is 0.171. The van der Waals surface area contributed by atoms with Gasteiger partial charge in [-0.3, -0.25) is 9.69 Å². The Morgan fingerprint density at radius 1 is 1.17 bits per heavy atom. The summed E-state index contributed by atoms with van der Waals surface area (Å²) in [5.74, 6) is 0.726. The molecular weight excluding hydrogens is 300 g/mol. The molecule has 1 aromatic rings. The molecule has 132 valence electrons. The van der Waals surface area contributed by atoms with Crippen LogP contribution in [-0.2, 0) is 4.79 Å². The fourth-order valence-electron chi connectivity index (χ4n) is 3.78. The maximum Gasteiger partial charge on any atom is 0.234 e. The SMILES string of the molecule is C[C@H]1CN(C)CCN1CC(=O)NC[C@H]1CCN(c2ccccc2)C1. The number of benzene rings is 1. The standard InChI is InChI=1S/C19H30N4O/c1-16-13-21(2)10-11-22(16)15-19(24)20-12-17-8-9-23(14-17)18-6-4-3-5-7-18/h3-7,16-17H,8-15H2,1-2H3,(H,20,24)/t16-,17+/m0/s1. The van der Waals surface area contributed by atoms with Gasteiger partial charge in [-0.15, -0.1) is 0 Å². The number of hydrogen-bond donors (Lipinski definition) is 1. The Morgan fingerprint density at radius 2 is 1.96 bits per heavy atom. The number of nitrogens with one attached hydrogen (secondary N) is 1. The van der Waals surface area contributed by atoms with Crippen molar-refractivity contribution in [1.82, 2.24) is 15.1 Å². The summed E-state index contributed by atoms with van der Waals surface area (Å²) in [5.41, 5.74) is 1.29. The van der Waals surface area contributed by atoms with E-state index in [0.717, 1.165) is 45.7 Å². The molecule has 1 N–H and O–H groups in total. The maximum absolute atomic E-state index is 12.3. The first kappa shape index (κ1) is 17.2. The first-order valence-corrected chi connectivity index (χ1v) is 9.11. The van der Waals surface area contributed by atoms with Crippen molar-refractivity contribution >= 4 is 11.6 Å². The van der Waals surface area contributed by atoms with Crippen LogP contribution in [0.1, 0.15) is 13.3 Å². The summed E-state index contributed by atoms with van der Waals surface area (Å²) < 4.78 is 0. The molecule has 24 heavy (non-hydrogen) atoms. The van der Waals surface area contributed by atoms with Gasteiger partial charge in [-0.25, -0.2) is 0 Å². The summed E-state index contributed by atoms with van der Waals surface area (Å²) in [6.45, 7) is 8.73. The van der Waals surface area contributed by atoms with E-state index >= 15 is 0 Å². The van der Waals surface area contributed by atoms with Gasteiger partial charge in [-0.05, 0) is 38.4 Å². The van der Waals surface area contributed by atoms with Crippen LogP contribution in [0.4, 0.5) is 5.69 Å². The molecular formula is C19H30N4O. The number of carbonyl (C=O) groups excluding carboxylic acids is 1. The van der Waals surface area contributed by atoms with Crippen molar-refractivity contribution in [3.63, 3.8) is 0 Å². The second-order valence-corrected chi connectivity index (χ2v) is 7.32. The zero-order valence-electron chi connectivity index (χ0n) is 14.9. The van der Waals surface area contributed by atoms with E-state index in [0.29, 0.717) is 18.5 Å². The van der Waals surface area contributed by atoms with Crippen molar-refractivity contribution in [2.45, 2.75) is 19.4 Å². The molecule has 0 bridgehead atoms. The molecule has 3 rings (SSSR count). The zero-order chi connectivity index (χ0) is 16.9. The Kier molecular flexibility index (Phi) is 5.74. The maximum atomic E-state index is 12.3. The monoisotopic (exact) mass is 330 g/mol. The smallest absolute Gasteiger partial charge is 0.234 e. The van der Waals surface area contributed by atoms with Gasteiger partial charge < -0.3 is 15.1 Å². The van der Waals surface area contributed by atoms with E-state index in [4.69, 9.17) is 0 Å². The summed E-state index contributed by atoms with van der Waals surface area (Å²) in [7, 11) is 2.15. The van der Waals surface area contributed by atoms with Gasteiger partial charge in [0, 0.05) is 51.0 Å². The van der Waals surface area contributed by atoms with Crippen LogP contribution in [-0.4, -0.2) is 74.6 Å². The molecule has 2 aliphatic heterocycles. The number of amides is 1. The van der Waals surface area contributed by atoms with Crippen LogP contribution >= 0.6 is 0 Å². The fraction of sp³-hybridized carbons (Fsp3) is 0.632. The number of piperazine rings is 1. The third kappa shape index (κ3) is 4.48. The molecule has 2 saturated heterocycles. The Morgan fingerprint density at radius 3 is 2.71 bits per heavy atom. The highest BCUT2D eigenvalue weighted by molar-refractivity contribution is 5.78. The topological polar surface area (TPSA) is 38.8 Å². The first-order valence-electron chi connectivity index (χ1n) is 9.11. The van der Waals surface area contributed by atoms with Crippen LogP contribution in [0, 0.1) is 5.92 Å². The Bertz CT molecular complexity index is 535. The molecule has 0 radical (unpaired) electrons. The normalized spacial score (nSPS) is 25.8. The van der Waals surface area contributed by atoms with Crippen LogP contribution in [0.15, 0.2) is 30.3 Å². The number of para-hydroxylation sites is 1. The minimum Gasteiger partial charge on any atom is -0.371 e. The number of rotatable bonds is 5. The van der Waals surface area contributed by atoms with Crippen molar-refractivity contribution in [2.75, 3.05) is 57.8 Å². The molecule has 2 heterocycles. The van der Waals surface area contributed by atoms with E-state index in [2.05, 4.69) is 64.3 Å². The van der Waals surface area contributed by atoms with E-state index in [9.17, 15) is 4.79 Å². The molecule has 2 aliphatic rings. The minimum atomic E-state index is 0.171. The second kappa shape index (κ2) is 7.99. The third-order valence-corrected chi connectivity index (χ3v) is 5.31. The second-order valence-electron chi connectivity index (χ2n) is 7.32. The molecule has 5 nitrogen and oxygen atoms in total. The van der Waals surface area contributed by atoms with Gasteiger partial charge in [-0.1, -0.05) is 18.2 Å². The van der Waals surface area contributed by atoms with E-state index in [1.54, 1.807) is 0 Å². The number of carbonyl (C=O) groups is 1. The van der Waals surface area contributed by atoms with Gasteiger partial charge >= 0.3 is 0 Å². The van der Waals surface area contributed by atoms with Crippen LogP contribution < -0.4 is 10.2 Å². The highest BCUT2D eigenvalue weighted by atomic mass is 16.2. The number of likely N-dealkylation sites (N-methyl/N-ethyl adjacent to an activating group) is 1. The van der Waals surface area contributed by atoms with Crippen molar-refractivity contribution in [2.24, 2.45) is 5.92 Å². The van der Waals surface area contributed by atoms with E-state index in [1.165, 1.54) is 5.69 Å². The quantitative estimate of drug-likeness (QED) is 0.882. The molecule has 2 atom stereocenters. The lowest BCUT2D eigenvalue weighted by Crippen LogP contribution is -2.53. The lowest BCUT2D eigenvalue weighted by molar-refractivity contribution is -0.123. The molecule has 5 heteroatoms. The number of hydrogen-bond acceptors (Lipinski definition) is 4. The molecule has 0 spiro atoms. The van der Waals surface area contributed by atoms with Crippen molar-refractivity contribution in [3.8, 4) is 0 Å². The predicted octanol–water partition coefficient (Wildman–Crippen LogP) is 1.27. The van der Waals surface area contributed by atoms with Gasteiger partial charge in [0.2, 0.25) is 5.91 Å². The largest absolute Gasteiger partial charge is 0.371 e. The number of anilines is 1. The zero-order valence-corrected chi connectivity index (χ0v) is 14.9. The average molecular weight is 330 g/mol. The Labute approximate surface area is 145 Å². The van der Waals surface area contributed by atoms with Gasteiger partial charge in [0.05, 0.1) is 6.54 Å². The van der Waals surface area contributed by atoms with Crippen LogP contribution in [0.25, 0.3) is 0 Å². The molecule has 0 aromatic heterocycles. The fourth-order valence-corrected chi connectivity index (χ4v) is 3.78. The molecule has 0 aliphatic carbocycles. The van der Waals surface area contributed by atoms with E-state index in [-0.39, 0.29) is 5.91 Å². The number of nitrogens with zero attached hydrogens (tertiary/aromatic N) is 3. The summed E-state index contributed by atoms with van der Waals surface area (Å²) in [5, 5.41) is 3.15. The summed E-state index contributed by atoms with van der Waals surface area (Å²) >= 11 is 0. The molecule has 1 aromatic carbocycles. The van der Waals surface area contributed by atoms with Crippen LogP contribution in [0.5, 0.6) is 0 Å². The highest BCUT2D eigenvalue weighted by Gasteiger charge is 2.25. The molecule has 0 saturated carbocycles. The first-order chi connectivity index (χ1) is 11.6. The lowest BCUT2D eigenvalue weighted by Gasteiger charge is -2.37. The Hall–Kier alpha value is -1.59. The predicted molar refractivity (Wildman–Crippen MR) is 98.3 cm³/mol. The Balaban J connectivity index is 1.39. The summed E-state index contributed by atoms with van der Waals surface area (Å²) in [4.78, 5) is 19.3. The molecule has 1 amide bonds.